The van der Waals surface area contributed by atoms with Gasteiger partial charge in [-0.3, -0.25) is 9.59 Å². The maximum Gasteiger partial charge on any atom is 0.407 e. The Morgan fingerprint density at radius 3 is 2.02 bits per heavy atom. The fourth-order valence-electron chi connectivity index (χ4n) is 4.30. The summed E-state index contributed by atoms with van der Waals surface area (Å²) in [5.74, 6) is 0.348. The second kappa shape index (κ2) is 14.6. The summed E-state index contributed by atoms with van der Waals surface area (Å²) in [6, 6.07) is 14.3. The van der Waals surface area contributed by atoms with Crippen molar-refractivity contribution in [2.45, 2.75) is 97.0 Å². The lowest BCUT2D eigenvalue weighted by molar-refractivity contribution is -0.131. The van der Waals surface area contributed by atoms with E-state index in [0.29, 0.717) is 30.9 Å². The summed E-state index contributed by atoms with van der Waals surface area (Å²) in [6.07, 6.45) is -1.34. The van der Waals surface area contributed by atoms with Crippen LogP contribution in [0.4, 0.5) is 4.79 Å². The quantitative estimate of drug-likeness (QED) is 0.299. The van der Waals surface area contributed by atoms with Gasteiger partial charge in [-0.05, 0) is 74.3 Å². The number of nitrogens with one attached hydrogen (secondary N) is 2. The molecule has 1 heterocycles. The van der Waals surface area contributed by atoms with Crippen molar-refractivity contribution in [1.29, 1.82) is 0 Å². The van der Waals surface area contributed by atoms with Crippen LogP contribution in [0, 0.1) is 0 Å². The van der Waals surface area contributed by atoms with Gasteiger partial charge in [0, 0.05) is 31.7 Å². The fourth-order valence-corrected chi connectivity index (χ4v) is 5.64. The second-order valence-corrected chi connectivity index (χ2v) is 18.5. The molecule has 2 atom stereocenters. The number of carbonyl (C=O) groups is 3. The highest BCUT2D eigenvalue weighted by molar-refractivity contribution is 6.74. The number of β-amino-alcohol motifs (C(OH)–C–C–N with tert-alkyl or cyclic N) is 1. The molecule has 0 saturated carbocycles. The van der Waals surface area contributed by atoms with Crippen molar-refractivity contribution in [2.24, 2.45) is 0 Å². The molecule has 242 valence electrons. The third-order valence-electron chi connectivity index (χ3n) is 7.85. The van der Waals surface area contributed by atoms with E-state index in [1.165, 1.54) is 0 Å². The Bertz CT molecular complexity index is 1270. The first-order valence-electron chi connectivity index (χ1n) is 15.1. The number of rotatable bonds is 11. The molecule has 0 aromatic heterocycles. The van der Waals surface area contributed by atoms with Gasteiger partial charge in [-0.1, -0.05) is 45.0 Å². The lowest BCUT2D eigenvalue weighted by Crippen LogP contribution is -2.47. The van der Waals surface area contributed by atoms with E-state index < -0.39 is 26.1 Å². The Labute approximate surface area is 262 Å². The number of benzene rings is 2. The number of nitrogens with zero attached hydrogens (tertiary/aromatic N) is 1. The summed E-state index contributed by atoms with van der Waals surface area (Å²) in [5.41, 5.74) is 1.70. The molecule has 11 heteroatoms. The number of amides is 3. The molecule has 1 fully saturated rings. The molecule has 2 aromatic carbocycles. The van der Waals surface area contributed by atoms with E-state index in [9.17, 15) is 19.5 Å². The standard InChI is InChI=1S/C33H49N3O7Si/c1-32(2,3)42-31(40)35-20-23-9-13-25(14-10-23)30(39)34-19-24-11-15-26(16-12-24)41-18-17-29(38)36-21-27(37)28(22-36)43-44(7,8)33(4,5)6/h9-16,27-28,37H,17-22H2,1-8H3,(H,34,39)(H,35,40)/t27-,28-/m1/s1. The minimum atomic E-state index is -2.06. The van der Waals surface area contributed by atoms with Crippen LogP contribution >= 0.6 is 0 Å². The van der Waals surface area contributed by atoms with Crippen LogP contribution in [0.15, 0.2) is 48.5 Å². The van der Waals surface area contributed by atoms with E-state index in [1.807, 2.05) is 12.1 Å². The number of ether oxygens (including phenoxy) is 2. The molecule has 44 heavy (non-hydrogen) atoms. The van der Waals surface area contributed by atoms with Crippen LogP contribution in [0.5, 0.6) is 5.75 Å². The minimum absolute atomic E-state index is 0.0239. The summed E-state index contributed by atoms with van der Waals surface area (Å²) in [5, 5.41) is 16.1. The molecular weight excluding hydrogens is 578 g/mol. The Hall–Kier alpha value is -3.41. The molecule has 0 bridgehead atoms. The first kappa shape index (κ1) is 35.1. The molecule has 3 N–H and O–H groups in total. The molecule has 0 unspecified atom stereocenters. The monoisotopic (exact) mass is 627 g/mol. The Kier molecular flexibility index (Phi) is 11.6. The van der Waals surface area contributed by atoms with Gasteiger partial charge in [0.15, 0.2) is 8.32 Å². The van der Waals surface area contributed by atoms with Crippen LogP contribution in [-0.4, -0.2) is 73.7 Å². The van der Waals surface area contributed by atoms with Gasteiger partial charge in [0.1, 0.15) is 11.4 Å². The Balaban J connectivity index is 1.38. The van der Waals surface area contributed by atoms with Gasteiger partial charge < -0.3 is 34.5 Å². The van der Waals surface area contributed by atoms with Gasteiger partial charge in [-0.25, -0.2) is 4.79 Å². The van der Waals surface area contributed by atoms with Crippen LogP contribution in [0.1, 0.15) is 69.4 Å². The van der Waals surface area contributed by atoms with Gasteiger partial charge in [-0.2, -0.15) is 0 Å². The maximum absolute atomic E-state index is 12.8. The number of aliphatic hydroxyl groups excluding tert-OH is 1. The number of likely N-dealkylation sites (tertiary alicyclic amines) is 1. The number of hydrogen-bond donors (Lipinski definition) is 3. The average Bonchev–Trinajstić information content (AvgIpc) is 3.29. The van der Waals surface area contributed by atoms with Crippen molar-refractivity contribution in [3.05, 3.63) is 65.2 Å². The zero-order chi connectivity index (χ0) is 32.7. The van der Waals surface area contributed by atoms with Crippen molar-refractivity contribution in [2.75, 3.05) is 19.7 Å². The molecule has 2 aromatic rings. The molecular formula is C33H49N3O7Si. The SMILES string of the molecule is CC(C)(C)OC(=O)NCc1ccc(C(=O)NCc2ccc(OCCC(=O)N3C[C@@H](O)[C@H](O[Si](C)(C)C(C)(C)C)C3)cc2)cc1. The normalized spacial score (nSPS) is 17.2. The predicted molar refractivity (Wildman–Crippen MR) is 172 cm³/mol. The largest absolute Gasteiger partial charge is 0.493 e. The molecule has 3 rings (SSSR count). The Morgan fingerprint density at radius 2 is 1.45 bits per heavy atom. The van der Waals surface area contributed by atoms with Crippen molar-refractivity contribution < 1.29 is 33.4 Å². The van der Waals surface area contributed by atoms with Crippen LogP contribution in [0.25, 0.3) is 0 Å². The summed E-state index contributed by atoms with van der Waals surface area (Å²) in [4.78, 5) is 38.8. The van der Waals surface area contributed by atoms with Crippen molar-refractivity contribution >= 4 is 26.2 Å². The number of aliphatic hydroxyl groups is 1. The van der Waals surface area contributed by atoms with Crippen molar-refractivity contribution in [3.63, 3.8) is 0 Å². The number of hydrogen-bond acceptors (Lipinski definition) is 7. The molecule has 1 saturated heterocycles. The highest BCUT2D eigenvalue weighted by Crippen LogP contribution is 2.38. The molecule has 3 amide bonds. The van der Waals surface area contributed by atoms with Crippen molar-refractivity contribution in [1.82, 2.24) is 15.5 Å². The zero-order valence-electron chi connectivity index (χ0n) is 27.4. The van der Waals surface area contributed by atoms with E-state index >= 15 is 0 Å². The van der Waals surface area contributed by atoms with E-state index in [0.717, 1.165) is 11.1 Å². The van der Waals surface area contributed by atoms with Gasteiger partial charge in [-0.15, -0.1) is 0 Å². The van der Waals surface area contributed by atoms with E-state index in [4.69, 9.17) is 13.9 Å². The Morgan fingerprint density at radius 1 is 0.886 bits per heavy atom. The van der Waals surface area contributed by atoms with Crippen LogP contribution in [0.2, 0.25) is 18.1 Å². The summed E-state index contributed by atoms with van der Waals surface area (Å²) in [6.45, 7) is 17.7. The fraction of sp³-hybridized carbons (Fsp3) is 0.545. The van der Waals surface area contributed by atoms with Gasteiger partial charge in [0.25, 0.3) is 5.91 Å². The lowest BCUT2D eigenvalue weighted by Gasteiger charge is -2.38. The first-order chi connectivity index (χ1) is 20.4. The first-order valence-corrected chi connectivity index (χ1v) is 18.0. The molecule has 0 aliphatic carbocycles. The lowest BCUT2D eigenvalue weighted by atomic mass is 10.1. The van der Waals surface area contributed by atoms with Gasteiger partial charge in [0.05, 0.1) is 25.2 Å². The molecule has 1 aliphatic heterocycles. The average molecular weight is 628 g/mol. The second-order valence-electron chi connectivity index (χ2n) is 13.8. The molecule has 0 radical (unpaired) electrons. The molecule has 10 nitrogen and oxygen atoms in total. The summed E-state index contributed by atoms with van der Waals surface area (Å²) < 4.78 is 17.4. The topological polar surface area (TPSA) is 126 Å². The number of carbonyl (C=O) groups excluding carboxylic acids is 3. The maximum atomic E-state index is 12.8. The summed E-state index contributed by atoms with van der Waals surface area (Å²) >= 11 is 0. The van der Waals surface area contributed by atoms with Crippen molar-refractivity contribution in [3.8, 4) is 5.75 Å². The van der Waals surface area contributed by atoms with E-state index in [-0.39, 0.29) is 42.5 Å². The third-order valence-corrected chi connectivity index (χ3v) is 12.4. The van der Waals surface area contributed by atoms with Gasteiger partial charge in [0.2, 0.25) is 5.91 Å². The molecule has 1 aliphatic rings. The predicted octanol–water partition coefficient (Wildman–Crippen LogP) is 5.00. The van der Waals surface area contributed by atoms with Crippen LogP contribution in [-0.2, 0) is 27.0 Å². The molecule has 0 spiro atoms. The van der Waals surface area contributed by atoms with Crippen LogP contribution < -0.4 is 15.4 Å². The van der Waals surface area contributed by atoms with Crippen LogP contribution in [0.3, 0.4) is 0 Å². The van der Waals surface area contributed by atoms with E-state index in [2.05, 4.69) is 44.5 Å². The summed E-state index contributed by atoms with van der Waals surface area (Å²) in [7, 11) is -2.06. The highest BCUT2D eigenvalue weighted by atomic mass is 28.4. The van der Waals surface area contributed by atoms with Gasteiger partial charge >= 0.3 is 6.09 Å². The highest BCUT2D eigenvalue weighted by Gasteiger charge is 2.43. The zero-order valence-corrected chi connectivity index (χ0v) is 28.4. The smallest absolute Gasteiger partial charge is 0.407 e. The number of alkyl carbamates (subject to hydrolysis) is 1. The van der Waals surface area contributed by atoms with E-state index in [1.54, 1.807) is 62.1 Å². The minimum Gasteiger partial charge on any atom is -0.493 e. The third kappa shape index (κ3) is 10.6.